The van der Waals surface area contributed by atoms with Gasteiger partial charge in [0.05, 0.1) is 12.1 Å². The monoisotopic (exact) mass is 211 g/mol. The molecule has 0 aromatic heterocycles. The molecule has 1 unspecified atom stereocenters. The maximum atomic E-state index is 12.7. The lowest BCUT2D eigenvalue weighted by Gasteiger charge is -2.34. The van der Waals surface area contributed by atoms with E-state index in [1.54, 1.807) is 12.1 Å². The molecule has 0 aliphatic rings. The van der Waals surface area contributed by atoms with Crippen LogP contribution in [0.1, 0.15) is 20.8 Å². The van der Waals surface area contributed by atoms with Crippen molar-refractivity contribution in [2.24, 2.45) is 5.92 Å². The van der Waals surface area contributed by atoms with Crippen molar-refractivity contribution >= 4 is 5.69 Å². The van der Waals surface area contributed by atoms with Gasteiger partial charge in [0.25, 0.3) is 0 Å². The van der Waals surface area contributed by atoms with Gasteiger partial charge in [-0.05, 0) is 37.1 Å². The van der Waals surface area contributed by atoms with Gasteiger partial charge in [0.2, 0.25) is 0 Å². The normalized spacial score (nSPS) is 15.1. The Hall–Kier alpha value is -1.09. The van der Waals surface area contributed by atoms with Crippen LogP contribution in [0.2, 0.25) is 0 Å². The third-order valence-electron chi connectivity index (χ3n) is 2.88. The topological polar surface area (TPSA) is 32.3 Å². The number of rotatable bonds is 4. The molecule has 0 heterocycles. The molecule has 0 aliphatic carbocycles. The van der Waals surface area contributed by atoms with Crippen molar-refractivity contribution in [2.75, 3.05) is 11.9 Å². The molecule has 0 saturated heterocycles. The molecule has 0 amide bonds. The quantitative estimate of drug-likeness (QED) is 0.802. The van der Waals surface area contributed by atoms with Crippen molar-refractivity contribution < 1.29 is 9.50 Å². The summed E-state index contributed by atoms with van der Waals surface area (Å²) in [5.74, 6) is 0.0309. The van der Waals surface area contributed by atoms with Crippen LogP contribution in [0.4, 0.5) is 10.1 Å². The molecule has 0 bridgehead atoms. The van der Waals surface area contributed by atoms with Gasteiger partial charge in [0.15, 0.2) is 0 Å². The first-order valence-electron chi connectivity index (χ1n) is 5.12. The van der Waals surface area contributed by atoms with Crippen LogP contribution >= 0.6 is 0 Å². The van der Waals surface area contributed by atoms with Crippen molar-refractivity contribution in [2.45, 2.75) is 26.3 Å². The highest BCUT2D eigenvalue weighted by Gasteiger charge is 2.26. The molecule has 2 N–H and O–H groups in total. The van der Waals surface area contributed by atoms with E-state index in [1.165, 1.54) is 12.1 Å². The standard InChI is InChI=1S/C12H18FNO/c1-9(2)12(3,8-15)14-11-6-4-10(13)5-7-11/h4-7,9,14-15H,8H2,1-3H3. The number of aliphatic hydroxyl groups is 1. The second-order valence-corrected chi connectivity index (χ2v) is 4.36. The number of anilines is 1. The average molecular weight is 211 g/mol. The van der Waals surface area contributed by atoms with Crippen LogP contribution in [0.25, 0.3) is 0 Å². The zero-order valence-electron chi connectivity index (χ0n) is 9.42. The largest absolute Gasteiger partial charge is 0.394 e. The Bertz CT molecular complexity index is 310. The molecule has 1 aromatic rings. The Morgan fingerprint density at radius 1 is 1.33 bits per heavy atom. The molecule has 0 fully saturated rings. The molecule has 1 rings (SSSR count). The Morgan fingerprint density at radius 2 is 1.87 bits per heavy atom. The van der Waals surface area contributed by atoms with E-state index in [0.717, 1.165) is 5.69 Å². The number of hydrogen-bond acceptors (Lipinski definition) is 2. The number of nitrogens with one attached hydrogen (secondary N) is 1. The van der Waals surface area contributed by atoms with Crippen LogP contribution in [0.15, 0.2) is 24.3 Å². The summed E-state index contributed by atoms with van der Waals surface area (Å²) in [6, 6.07) is 6.15. The van der Waals surface area contributed by atoms with Gasteiger partial charge < -0.3 is 10.4 Å². The lowest BCUT2D eigenvalue weighted by molar-refractivity contribution is 0.186. The van der Waals surface area contributed by atoms with E-state index >= 15 is 0 Å². The Labute approximate surface area is 90.1 Å². The SMILES string of the molecule is CC(C)C(C)(CO)Nc1ccc(F)cc1. The predicted molar refractivity (Wildman–Crippen MR) is 60.4 cm³/mol. The van der Waals surface area contributed by atoms with Crippen molar-refractivity contribution in [1.82, 2.24) is 0 Å². The van der Waals surface area contributed by atoms with Gasteiger partial charge in [-0.2, -0.15) is 0 Å². The molecule has 0 radical (unpaired) electrons. The first kappa shape index (κ1) is 12.0. The zero-order valence-corrected chi connectivity index (χ0v) is 9.42. The van der Waals surface area contributed by atoms with Gasteiger partial charge in [-0.15, -0.1) is 0 Å². The van der Waals surface area contributed by atoms with Crippen LogP contribution < -0.4 is 5.32 Å². The minimum atomic E-state index is -0.377. The molecule has 0 aliphatic heterocycles. The van der Waals surface area contributed by atoms with Crippen LogP contribution in [0.5, 0.6) is 0 Å². The van der Waals surface area contributed by atoms with E-state index in [2.05, 4.69) is 5.32 Å². The van der Waals surface area contributed by atoms with E-state index in [4.69, 9.17) is 0 Å². The highest BCUT2D eigenvalue weighted by molar-refractivity contribution is 5.45. The summed E-state index contributed by atoms with van der Waals surface area (Å²) in [4.78, 5) is 0. The third kappa shape index (κ3) is 2.93. The molecule has 3 heteroatoms. The summed E-state index contributed by atoms with van der Waals surface area (Å²) < 4.78 is 12.7. The average Bonchev–Trinajstić information content (AvgIpc) is 2.21. The molecule has 0 saturated carbocycles. The lowest BCUT2D eigenvalue weighted by atomic mass is 9.89. The van der Waals surface area contributed by atoms with Gasteiger partial charge >= 0.3 is 0 Å². The Morgan fingerprint density at radius 3 is 2.27 bits per heavy atom. The number of halogens is 1. The van der Waals surface area contributed by atoms with Gasteiger partial charge in [-0.25, -0.2) is 4.39 Å². The van der Waals surface area contributed by atoms with E-state index in [1.807, 2.05) is 20.8 Å². The smallest absolute Gasteiger partial charge is 0.123 e. The minimum absolute atomic E-state index is 0.0437. The Balaban J connectivity index is 2.79. The fourth-order valence-corrected chi connectivity index (χ4v) is 1.23. The lowest BCUT2D eigenvalue weighted by Crippen LogP contribution is -2.43. The van der Waals surface area contributed by atoms with Crippen LogP contribution in [0, 0.1) is 11.7 Å². The van der Waals surface area contributed by atoms with Gasteiger partial charge in [0, 0.05) is 5.69 Å². The van der Waals surface area contributed by atoms with Gasteiger partial charge in [0.1, 0.15) is 5.82 Å². The van der Waals surface area contributed by atoms with Crippen LogP contribution in [-0.2, 0) is 0 Å². The number of aliphatic hydroxyl groups excluding tert-OH is 1. The molecular weight excluding hydrogens is 193 g/mol. The van der Waals surface area contributed by atoms with Crippen molar-refractivity contribution in [1.29, 1.82) is 0 Å². The summed E-state index contributed by atoms with van der Waals surface area (Å²) in [6.07, 6.45) is 0. The summed E-state index contributed by atoms with van der Waals surface area (Å²) in [5.41, 5.74) is 0.444. The fraction of sp³-hybridized carbons (Fsp3) is 0.500. The summed E-state index contributed by atoms with van der Waals surface area (Å²) >= 11 is 0. The van der Waals surface area contributed by atoms with Gasteiger partial charge in [-0.3, -0.25) is 0 Å². The molecule has 1 atom stereocenters. The van der Waals surface area contributed by atoms with Crippen molar-refractivity contribution in [3.63, 3.8) is 0 Å². The minimum Gasteiger partial charge on any atom is -0.394 e. The summed E-state index contributed by atoms with van der Waals surface area (Å²) in [6.45, 7) is 6.06. The molecule has 84 valence electrons. The molecule has 1 aromatic carbocycles. The van der Waals surface area contributed by atoms with E-state index in [9.17, 15) is 9.50 Å². The number of hydrogen-bond donors (Lipinski definition) is 2. The van der Waals surface area contributed by atoms with Gasteiger partial charge in [-0.1, -0.05) is 13.8 Å². The predicted octanol–water partition coefficient (Wildman–Crippen LogP) is 2.64. The highest BCUT2D eigenvalue weighted by atomic mass is 19.1. The molecular formula is C12H18FNO. The maximum Gasteiger partial charge on any atom is 0.123 e. The number of benzene rings is 1. The first-order chi connectivity index (χ1) is 6.98. The molecule has 0 spiro atoms. The van der Waals surface area contributed by atoms with E-state index in [-0.39, 0.29) is 23.9 Å². The first-order valence-corrected chi connectivity index (χ1v) is 5.12. The maximum absolute atomic E-state index is 12.7. The van der Waals surface area contributed by atoms with Crippen LogP contribution in [-0.4, -0.2) is 17.3 Å². The zero-order chi connectivity index (χ0) is 11.5. The molecule has 2 nitrogen and oxygen atoms in total. The van der Waals surface area contributed by atoms with Crippen LogP contribution in [0.3, 0.4) is 0 Å². The highest BCUT2D eigenvalue weighted by Crippen LogP contribution is 2.22. The second-order valence-electron chi connectivity index (χ2n) is 4.36. The second kappa shape index (κ2) is 4.62. The third-order valence-corrected chi connectivity index (χ3v) is 2.88. The molecule has 15 heavy (non-hydrogen) atoms. The summed E-state index contributed by atoms with van der Waals surface area (Å²) in [5, 5.41) is 12.6. The van der Waals surface area contributed by atoms with Crippen molar-refractivity contribution in [3.05, 3.63) is 30.1 Å². The Kier molecular flexibility index (Phi) is 3.69. The summed E-state index contributed by atoms with van der Waals surface area (Å²) in [7, 11) is 0. The van der Waals surface area contributed by atoms with E-state index < -0.39 is 0 Å². The van der Waals surface area contributed by atoms with Crippen molar-refractivity contribution in [3.8, 4) is 0 Å². The fourth-order valence-electron chi connectivity index (χ4n) is 1.23. The van der Waals surface area contributed by atoms with E-state index in [0.29, 0.717) is 0 Å².